The predicted molar refractivity (Wildman–Crippen MR) is 78.9 cm³/mol. The number of hydrogen-bond acceptors (Lipinski definition) is 3. The molecule has 0 saturated carbocycles. The van der Waals surface area contributed by atoms with Gasteiger partial charge >= 0.3 is 0 Å². The molecule has 0 spiro atoms. The van der Waals surface area contributed by atoms with E-state index in [0.717, 1.165) is 36.7 Å². The van der Waals surface area contributed by atoms with Gasteiger partial charge in [-0.05, 0) is 52.4 Å². The van der Waals surface area contributed by atoms with Crippen LogP contribution in [-0.2, 0) is 6.54 Å². The summed E-state index contributed by atoms with van der Waals surface area (Å²) in [7, 11) is 2.13. The second kappa shape index (κ2) is 7.13. The maximum absolute atomic E-state index is 8.93. The summed E-state index contributed by atoms with van der Waals surface area (Å²) in [6.45, 7) is 6.03. The number of hydrogen-bond donors (Lipinski definition) is 0. The molecule has 0 bridgehead atoms. The fraction of sp³-hybridized carbons (Fsp3) is 0.643. The molecule has 0 atom stereocenters. The van der Waals surface area contributed by atoms with Crippen LogP contribution in [0.3, 0.4) is 0 Å². The summed E-state index contributed by atoms with van der Waals surface area (Å²) in [5.74, 6) is 0. The van der Waals surface area contributed by atoms with Crippen LogP contribution in [0.5, 0.6) is 0 Å². The third kappa shape index (κ3) is 5.86. The Morgan fingerprint density at radius 1 is 1.39 bits per heavy atom. The van der Waals surface area contributed by atoms with E-state index < -0.39 is 0 Å². The molecule has 0 unspecified atom stereocenters. The van der Waals surface area contributed by atoms with Gasteiger partial charge in [0.15, 0.2) is 0 Å². The summed E-state index contributed by atoms with van der Waals surface area (Å²) < 4.78 is 0.856. The van der Waals surface area contributed by atoms with Crippen LogP contribution >= 0.6 is 22.9 Å². The van der Waals surface area contributed by atoms with Crippen molar-refractivity contribution in [1.82, 2.24) is 4.90 Å². The van der Waals surface area contributed by atoms with Gasteiger partial charge in [0.1, 0.15) is 0 Å². The first-order chi connectivity index (χ1) is 8.43. The molecule has 18 heavy (non-hydrogen) atoms. The van der Waals surface area contributed by atoms with Crippen LogP contribution in [0.4, 0.5) is 0 Å². The molecule has 100 valence electrons. The standard InChI is InChI=1S/C14H21ClN2S/c1-14(2,11-16)8-4-5-9-17(3)10-12-6-7-13(15)18-12/h6-7H,4-5,8-10H2,1-3H3. The molecule has 0 aromatic carbocycles. The minimum absolute atomic E-state index is 0.181. The molecule has 0 fully saturated rings. The van der Waals surface area contributed by atoms with Gasteiger partial charge in [0.05, 0.1) is 15.8 Å². The molecule has 1 heterocycles. The lowest BCUT2D eigenvalue weighted by Crippen LogP contribution is -2.19. The van der Waals surface area contributed by atoms with E-state index in [1.165, 1.54) is 4.88 Å². The van der Waals surface area contributed by atoms with Gasteiger partial charge in [-0.15, -0.1) is 11.3 Å². The Balaban J connectivity index is 2.18. The van der Waals surface area contributed by atoms with Gasteiger partial charge in [-0.2, -0.15) is 5.26 Å². The van der Waals surface area contributed by atoms with Crippen molar-refractivity contribution in [1.29, 1.82) is 5.26 Å². The summed E-state index contributed by atoms with van der Waals surface area (Å²) in [5.41, 5.74) is -0.181. The quantitative estimate of drug-likeness (QED) is 0.687. The van der Waals surface area contributed by atoms with Crippen molar-refractivity contribution < 1.29 is 0 Å². The van der Waals surface area contributed by atoms with Crippen LogP contribution in [0.1, 0.15) is 38.0 Å². The maximum Gasteiger partial charge on any atom is 0.0931 e. The molecular weight excluding hydrogens is 264 g/mol. The molecule has 1 rings (SSSR count). The van der Waals surface area contributed by atoms with Crippen LogP contribution in [-0.4, -0.2) is 18.5 Å². The highest BCUT2D eigenvalue weighted by Gasteiger charge is 2.15. The normalized spacial score (nSPS) is 11.8. The van der Waals surface area contributed by atoms with Crippen LogP contribution < -0.4 is 0 Å². The highest BCUT2D eigenvalue weighted by atomic mass is 35.5. The van der Waals surface area contributed by atoms with E-state index >= 15 is 0 Å². The Bertz CT molecular complexity index is 406. The lowest BCUT2D eigenvalue weighted by atomic mass is 9.89. The summed E-state index contributed by atoms with van der Waals surface area (Å²) in [6.07, 6.45) is 3.22. The first kappa shape index (κ1) is 15.5. The zero-order valence-electron chi connectivity index (χ0n) is 11.4. The first-order valence-electron chi connectivity index (χ1n) is 6.27. The second-order valence-electron chi connectivity index (χ2n) is 5.40. The van der Waals surface area contributed by atoms with Gasteiger partial charge in [-0.3, -0.25) is 0 Å². The highest BCUT2D eigenvalue weighted by Crippen LogP contribution is 2.23. The van der Waals surface area contributed by atoms with Crippen molar-refractivity contribution in [2.45, 2.75) is 39.7 Å². The van der Waals surface area contributed by atoms with Crippen molar-refractivity contribution in [2.75, 3.05) is 13.6 Å². The largest absolute Gasteiger partial charge is 0.301 e. The average Bonchev–Trinajstić information content (AvgIpc) is 2.70. The molecule has 0 aliphatic carbocycles. The number of nitriles is 1. The topological polar surface area (TPSA) is 27.0 Å². The Hall–Kier alpha value is -0.560. The minimum atomic E-state index is -0.181. The lowest BCUT2D eigenvalue weighted by Gasteiger charge is -2.18. The van der Waals surface area contributed by atoms with Gasteiger partial charge in [0.2, 0.25) is 0 Å². The Morgan fingerprint density at radius 2 is 2.11 bits per heavy atom. The number of unbranched alkanes of at least 4 members (excludes halogenated alkanes) is 1. The van der Waals surface area contributed by atoms with Crippen molar-refractivity contribution in [2.24, 2.45) is 5.41 Å². The van der Waals surface area contributed by atoms with Crippen LogP contribution in [0, 0.1) is 16.7 Å². The monoisotopic (exact) mass is 284 g/mol. The summed E-state index contributed by atoms with van der Waals surface area (Å²) in [4.78, 5) is 3.61. The number of halogens is 1. The van der Waals surface area contributed by atoms with Crippen molar-refractivity contribution in [3.05, 3.63) is 21.3 Å². The second-order valence-corrected chi connectivity index (χ2v) is 7.20. The molecule has 2 nitrogen and oxygen atoms in total. The summed E-state index contributed by atoms with van der Waals surface area (Å²) >= 11 is 7.55. The zero-order chi connectivity index (χ0) is 13.6. The Morgan fingerprint density at radius 3 is 2.67 bits per heavy atom. The minimum Gasteiger partial charge on any atom is -0.301 e. The fourth-order valence-electron chi connectivity index (χ4n) is 1.79. The van der Waals surface area contributed by atoms with Crippen molar-refractivity contribution >= 4 is 22.9 Å². The Labute approximate surface area is 119 Å². The van der Waals surface area contributed by atoms with Gasteiger partial charge in [-0.25, -0.2) is 0 Å². The third-order valence-corrected chi connectivity index (χ3v) is 4.16. The summed E-state index contributed by atoms with van der Waals surface area (Å²) in [6, 6.07) is 6.38. The van der Waals surface area contributed by atoms with Gasteiger partial charge in [0, 0.05) is 11.4 Å². The average molecular weight is 285 g/mol. The smallest absolute Gasteiger partial charge is 0.0931 e. The molecule has 0 saturated heterocycles. The van der Waals surface area contributed by atoms with Gasteiger partial charge < -0.3 is 4.90 Å². The third-order valence-electron chi connectivity index (χ3n) is 2.95. The molecule has 4 heteroatoms. The number of nitrogens with zero attached hydrogens (tertiary/aromatic N) is 2. The van der Waals surface area contributed by atoms with Crippen LogP contribution in [0.15, 0.2) is 12.1 Å². The Kier molecular flexibility index (Phi) is 6.14. The predicted octanol–water partition coefficient (Wildman–Crippen LogP) is 4.55. The molecule has 1 aromatic rings. The number of thiophene rings is 1. The molecular formula is C14H21ClN2S. The van der Waals surface area contributed by atoms with E-state index in [9.17, 15) is 0 Å². The van der Waals surface area contributed by atoms with Crippen molar-refractivity contribution in [3.8, 4) is 6.07 Å². The van der Waals surface area contributed by atoms with Gasteiger partial charge in [-0.1, -0.05) is 18.0 Å². The first-order valence-corrected chi connectivity index (χ1v) is 7.46. The molecule has 0 N–H and O–H groups in total. The fourth-order valence-corrected chi connectivity index (χ4v) is 2.95. The van der Waals surface area contributed by atoms with E-state index in [2.05, 4.69) is 24.1 Å². The van der Waals surface area contributed by atoms with E-state index in [4.69, 9.17) is 16.9 Å². The van der Waals surface area contributed by atoms with Crippen molar-refractivity contribution in [3.63, 3.8) is 0 Å². The number of rotatable bonds is 7. The molecule has 1 aromatic heterocycles. The van der Waals surface area contributed by atoms with Crippen LogP contribution in [0.25, 0.3) is 0 Å². The summed E-state index contributed by atoms with van der Waals surface area (Å²) in [5, 5.41) is 8.93. The highest BCUT2D eigenvalue weighted by molar-refractivity contribution is 7.16. The van der Waals surface area contributed by atoms with E-state index in [0.29, 0.717) is 0 Å². The molecule has 0 aliphatic heterocycles. The van der Waals surface area contributed by atoms with E-state index in [1.54, 1.807) is 11.3 Å². The maximum atomic E-state index is 8.93. The zero-order valence-corrected chi connectivity index (χ0v) is 12.9. The molecule has 0 aliphatic rings. The van der Waals surface area contributed by atoms with Crippen LogP contribution in [0.2, 0.25) is 4.34 Å². The lowest BCUT2D eigenvalue weighted by molar-refractivity contribution is 0.309. The SMILES string of the molecule is CN(CCCCC(C)(C)C#N)Cc1ccc(Cl)s1. The van der Waals surface area contributed by atoms with E-state index in [1.807, 2.05) is 19.9 Å². The molecule has 0 radical (unpaired) electrons. The molecule has 0 amide bonds. The van der Waals surface area contributed by atoms with Gasteiger partial charge in [0.25, 0.3) is 0 Å². The van der Waals surface area contributed by atoms with E-state index in [-0.39, 0.29) is 5.41 Å².